The molecule has 6 nitrogen and oxygen atoms in total. The molecule has 0 aromatic rings. The normalized spacial score (nSPS) is 11.8. The number of nitrogens with one attached hydrogen (secondary N) is 1. The van der Waals surface area contributed by atoms with Gasteiger partial charge in [0, 0.05) is 4.92 Å². The van der Waals surface area contributed by atoms with Gasteiger partial charge in [0.1, 0.15) is 6.61 Å². The summed E-state index contributed by atoms with van der Waals surface area (Å²) in [4.78, 5) is 11.1. The van der Waals surface area contributed by atoms with Gasteiger partial charge in [-0.3, -0.25) is 15.5 Å². The van der Waals surface area contributed by atoms with Crippen LogP contribution in [0.4, 0.5) is 0 Å². The maximum Gasteiger partial charge on any atom is 0.253 e. The maximum atomic E-state index is 10.3. The van der Waals surface area contributed by atoms with Crippen molar-refractivity contribution in [1.82, 2.24) is 4.90 Å². The van der Waals surface area contributed by atoms with Gasteiger partial charge >= 0.3 is 0 Å². The molecule has 2 N–H and O–H groups in total. The van der Waals surface area contributed by atoms with Crippen molar-refractivity contribution in [3.63, 3.8) is 0 Å². The first-order chi connectivity index (χ1) is 6.02. The van der Waals surface area contributed by atoms with E-state index in [9.17, 15) is 10.1 Å². The summed E-state index contributed by atoms with van der Waals surface area (Å²) in [6.07, 6.45) is 1.33. The molecule has 0 unspecified atom stereocenters. The average Bonchev–Trinajstić information content (AvgIpc) is 2.05. The predicted octanol–water partition coefficient (Wildman–Crippen LogP) is 0.0667. The van der Waals surface area contributed by atoms with Crippen LogP contribution in [0.25, 0.3) is 0 Å². The van der Waals surface area contributed by atoms with Crippen LogP contribution in [0.3, 0.4) is 0 Å². The number of nitro groups is 1. The Bertz CT molecular complexity index is 217. The molecule has 0 radical (unpaired) electrons. The molecule has 0 aliphatic heterocycles. The highest BCUT2D eigenvalue weighted by molar-refractivity contribution is 5.77. The van der Waals surface area contributed by atoms with Gasteiger partial charge in [0.2, 0.25) is 0 Å². The second-order valence-corrected chi connectivity index (χ2v) is 2.54. The maximum absolute atomic E-state index is 10.3. The van der Waals surface area contributed by atoms with Crippen LogP contribution >= 0.6 is 0 Å². The summed E-state index contributed by atoms with van der Waals surface area (Å²) in [7, 11) is 0. The zero-order chi connectivity index (χ0) is 10.4. The standard InChI is InChI=1S/C7H13N3O3/c1-3-9(6(2)8)4-7(5-11)10(12)13/h3,7-8,11H,1,4-5H2,2H3/t7-/m1/s1. The van der Waals surface area contributed by atoms with Gasteiger partial charge in [-0.15, -0.1) is 0 Å². The molecule has 6 heteroatoms. The average molecular weight is 187 g/mol. The SMILES string of the molecule is C=CN(C[C@H](CO)[N+](=O)[O-])C(C)=N. The molecule has 13 heavy (non-hydrogen) atoms. The summed E-state index contributed by atoms with van der Waals surface area (Å²) in [5, 5.41) is 26.2. The molecule has 0 saturated carbocycles. The summed E-state index contributed by atoms with van der Waals surface area (Å²) in [6, 6.07) is -1.07. The van der Waals surface area contributed by atoms with Crippen molar-refractivity contribution in [2.75, 3.05) is 13.2 Å². The minimum atomic E-state index is -1.07. The molecule has 0 spiro atoms. The molecule has 1 atom stereocenters. The van der Waals surface area contributed by atoms with Crippen LogP contribution in [0.2, 0.25) is 0 Å². The fourth-order valence-electron chi connectivity index (χ4n) is 0.767. The molecule has 0 aromatic carbocycles. The lowest BCUT2D eigenvalue weighted by molar-refractivity contribution is -0.525. The van der Waals surface area contributed by atoms with Crippen LogP contribution in [0.5, 0.6) is 0 Å². The van der Waals surface area contributed by atoms with Gasteiger partial charge in [0.15, 0.2) is 0 Å². The third kappa shape index (κ3) is 3.66. The van der Waals surface area contributed by atoms with E-state index in [-0.39, 0.29) is 12.4 Å². The Hall–Kier alpha value is -1.43. The van der Waals surface area contributed by atoms with Crippen molar-refractivity contribution >= 4 is 5.84 Å². The zero-order valence-corrected chi connectivity index (χ0v) is 7.43. The molecular formula is C7H13N3O3. The zero-order valence-electron chi connectivity index (χ0n) is 7.43. The number of nitrogens with zero attached hydrogens (tertiary/aromatic N) is 2. The highest BCUT2D eigenvalue weighted by Crippen LogP contribution is 1.97. The van der Waals surface area contributed by atoms with E-state index in [0.717, 1.165) is 0 Å². The van der Waals surface area contributed by atoms with Crippen molar-refractivity contribution in [3.05, 3.63) is 22.9 Å². The van der Waals surface area contributed by atoms with Gasteiger partial charge in [-0.05, 0) is 13.1 Å². The quantitative estimate of drug-likeness (QED) is 0.276. The van der Waals surface area contributed by atoms with E-state index in [2.05, 4.69) is 6.58 Å². The van der Waals surface area contributed by atoms with Crippen molar-refractivity contribution < 1.29 is 10.0 Å². The molecule has 0 aliphatic carbocycles. The first kappa shape index (κ1) is 11.6. The highest BCUT2D eigenvalue weighted by Gasteiger charge is 2.21. The molecule has 0 aromatic heterocycles. The molecular weight excluding hydrogens is 174 g/mol. The van der Waals surface area contributed by atoms with E-state index in [1.165, 1.54) is 18.0 Å². The number of hydrogen-bond acceptors (Lipinski definition) is 4. The summed E-state index contributed by atoms with van der Waals surface area (Å²) >= 11 is 0. The fraction of sp³-hybridized carbons (Fsp3) is 0.571. The van der Waals surface area contributed by atoms with E-state index in [4.69, 9.17) is 10.5 Å². The van der Waals surface area contributed by atoms with Crippen molar-refractivity contribution in [2.24, 2.45) is 0 Å². The number of aliphatic hydroxyl groups is 1. The van der Waals surface area contributed by atoms with Gasteiger partial charge in [-0.1, -0.05) is 6.58 Å². The lowest BCUT2D eigenvalue weighted by Crippen LogP contribution is -2.38. The molecule has 0 bridgehead atoms. The summed E-state index contributed by atoms with van der Waals surface area (Å²) < 4.78 is 0. The minimum Gasteiger partial charge on any atom is -0.389 e. The van der Waals surface area contributed by atoms with Crippen LogP contribution in [-0.2, 0) is 0 Å². The molecule has 0 amide bonds. The minimum absolute atomic E-state index is 0.0255. The summed E-state index contributed by atoms with van der Waals surface area (Å²) in [5.41, 5.74) is 0. The van der Waals surface area contributed by atoms with Gasteiger partial charge in [-0.25, -0.2) is 0 Å². The van der Waals surface area contributed by atoms with Crippen LogP contribution in [0.1, 0.15) is 6.92 Å². The van der Waals surface area contributed by atoms with Crippen LogP contribution in [0, 0.1) is 15.5 Å². The van der Waals surface area contributed by atoms with Gasteiger partial charge in [0.25, 0.3) is 6.04 Å². The number of hydrogen-bond donors (Lipinski definition) is 2. The van der Waals surface area contributed by atoms with E-state index >= 15 is 0 Å². The summed E-state index contributed by atoms with van der Waals surface area (Å²) in [5.74, 6) is 0.162. The molecule has 0 aliphatic rings. The molecule has 0 saturated heterocycles. The van der Waals surface area contributed by atoms with E-state index in [0.29, 0.717) is 0 Å². The van der Waals surface area contributed by atoms with Crippen molar-refractivity contribution in [2.45, 2.75) is 13.0 Å². The van der Waals surface area contributed by atoms with Crippen molar-refractivity contribution in [1.29, 1.82) is 5.41 Å². The van der Waals surface area contributed by atoms with Crippen LogP contribution in [-0.4, -0.2) is 40.0 Å². The van der Waals surface area contributed by atoms with Crippen LogP contribution < -0.4 is 0 Å². The molecule has 0 heterocycles. The van der Waals surface area contributed by atoms with E-state index in [1.54, 1.807) is 0 Å². The second kappa shape index (κ2) is 5.26. The van der Waals surface area contributed by atoms with E-state index in [1.807, 2.05) is 0 Å². The Labute approximate surface area is 76.1 Å². The van der Waals surface area contributed by atoms with E-state index < -0.39 is 17.6 Å². The Morgan fingerprint density at radius 1 is 1.92 bits per heavy atom. The highest BCUT2D eigenvalue weighted by atomic mass is 16.6. The largest absolute Gasteiger partial charge is 0.389 e. The van der Waals surface area contributed by atoms with Gasteiger partial charge < -0.3 is 10.0 Å². The lowest BCUT2D eigenvalue weighted by atomic mass is 10.3. The Morgan fingerprint density at radius 3 is 2.69 bits per heavy atom. The first-order valence-corrected chi connectivity index (χ1v) is 3.71. The lowest BCUT2D eigenvalue weighted by Gasteiger charge is -2.19. The second-order valence-electron chi connectivity index (χ2n) is 2.54. The van der Waals surface area contributed by atoms with Crippen molar-refractivity contribution in [3.8, 4) is 0 Å². The fourth-order valence-corrected chi connectivity index (χ4v) is 0.767. The van der Waals surface area contributed by atoms with Crippen LogP contribution in [0.15, 0.2) is 12.8 Å². The third-order valence-corrected chi connectivity index (χ3v) is 1.57. The predicted molar refractivity (Wildman–Crippen MR) is 48.2 cm³/mol. The Balaban J connectivity index is 4.27. The molecule has 74 valence electrons. The number of rotatable bonds is 5. The number of amidine groups is 1. The molecule has 0 rings (SSSR count). The first-order valence-electron chi connectivity index (χ1n) is 3.71. The Kier molecular flexibility index (Phi) is 4.68. The van der Waals surface area contributed by atoms with Gasteiger partial charge in [0.05, 0.1) is 12.4 Å². The van der Waals surface area contributed by atoms with Gasteiger partial charge in [-0.2, -0.15) is 0 Å². The monoisotopic (exact) mass is 187 g/mol. The topological polar surface area (TPSA) is 90.5 Å². The third-order valence-electron chi connectivity index (χ3n) is 1.57. The number of aliphatic hydroxyl groups excluding tert-OH is 1. The Morgan fingerprint density at radius 2 is 2.46 bits per heavy atom. The smallest absolute Gasteiger partial charge is 0.253 e. The molecule has 0 fully saturated rings. The summed E-state index contributed by atoms with van der Waals surface area (Å²) in [6.45, 7) is 4.34.